The third-order valence-corrected chi connectivity index (χ3v) is 3.14. The molecule has 1 aliphatic rings. The molecule has 0 fully saturated rings. The van der Waals surface area contributed by atoms with E-state index in [4.69, 9.17) is 4.74 Å². The Morgan fingerprint density at radius 3 is 2.52 bits per heavy atom. The van der Waals surface area contributed by atoms with Crippen molar-refractivity contribution in [3.8, 4) is 5.75 Å². The van der Waals surface area contributed by atoms with E-state index in [0.717, 1.165) is 4.90 Å². The monoisotopic (exact) mass is 313 g/mol. The van der Waals surface area contributed by atoms with E-state index >= 15 is 0 Å². The standard InChI is InChI=1S/C17H15NO5/c1-11(19)14-10-13(5-7-15(14)23-12(2)20)6-8-17(22)18-9-3-4-16(18)21/h3-8,10H,9H2,1-2H3/b8-6+. The number of hydrogen-bond acceptors (Lipinski definition) is 5. The summed E-state index contributed by atoms with van der Waals surface area (Å²) < 4.78 is 4.97. The van der Waals surface area contributed by atoms with E-state index < -0.39 is 11.9 Å². The molecule has 6 heteroatoms. The fraction of sp³-hybridized carbons (Fsp3) is 0.176. The summed E-state index contributed by atoms with van der Waals surface area (Å²) in [7, 11) is 0. The second kappa shape index (κ2) is 6.83. The number of carbonyl (C=O) groups excluding carboxylic acids is 4. The molecule has 0 unspecified atom stereocenters. The molecule has 0 aliphatic carbocycles. The maximum Gasteiger partial charge on any atom is 0.308 e. The van der Waals surface area contributed by atoms with Crippen molar-refractivity contribution in [3.05, 3.63) is 47.6 Å². The number of hydrogen-bond donors (Lipinski definition) is 0. The number of Topliss-reactive ketones (excluding diaryl/α,β-unsaturated/α-hetero) is 1. The predicted octanol–water partition coefficient (Wildman–Crippen LogP) is 1.75. The summed E-state index contributed by atoms with van der Waals surface area (Å²) in [5, 5.41) is 0. The first kappa shape index (κ1) is 16.4. The number of imide groups is 1. The zero-order valence-corrected chi connectivity index (χ0v) is 12.7. The van der Waals surface area contributed by atoms with Crippen LogP contribution in [0.15, 0.2) is 36.4 Å². The molecule has 0 bridgehead atoms. The molecule has 0 N–H and O–H groups in total. The summed E-state index contributed by atoms with van der Waals surface area (Å²) in [5.41, 5.74) is 0.827. The van der Waals surface area contributed by atoms with Crippen LogP contribution in [0.3, 0.4) is 0 Å². The normalized spacial score (nSPS) is 13.7. The lowest BCUT2D eigenvalue weighted by atomic mass is 10.1. The Kier molecular flexibility index (Phi) is 4.85. The summed E-state index contributed by atoms with van der Waals surface area (Å²) in [6.45, 7) is 2.86. The van der Waals surface area contributed by atoms with Gasteiger partial charge in [-0.15, -0.1) is 0 Å². The molecule has 0 saturated carbocycles. The molecule has 0 radical (unpaired) electrons. The van der Waals surface area contributed by atoms with Crippen LogP contribution >= 0.6 is 0 Å². The van der Waals surface area contributed by atoms with E-state index in [0.29, 0.717) is 5.56 Å². The van der Waals surface area contributed by atoms with Crippen molar-refractivity contribution < 1.29 is 23.9 Å². The van der Waals surface area contributed by atoms with Gasteiger partial charge in [0.15, 0.2) is 5.78 Å². The molecular weight excluding hydrogens is 298 g/mol. The van der Waals surface area contributed by atoms with Crippen LogP contribution in [0.25, 0.3) is 6.08 Å². The molecule has 1 aromatic carbocycles. The molecule has 1 heterocycles. The Morgan fingerprint density at radius 2 is 1.96 bits per heavy atom. The van der Waals surface area contributed by atoms with E-state index in [-0.39, 0.29) is 29.5 Å². The Morgan fingerprint density at radius 1 is 1.22 bits per heavy atom. The summed E-state index contributed by atoms with van der Waals surface area (Å²) >= 11 is 0. The SMILES string of the molecule is CC(=O)Oc1ccc(/C=C/C(=O)N2CC=CC2=O)cc1C(C)=O. The number of amides is 2. The van der Waals surface area contributed by atoms with Crippen LogP contribution in [0.4, 0.5) is 0 Å². The highest BCUT2D eigenvalue weighted by Gasteiger charge is 2.19. The van der Waals surface area contributed by atoms with Gasteiger partial charge in [0.2, 0.25) is 0 Å². The van der Waals surface area contributed by atoms with Crippen molar-refractivity contribution in [1.82, 2.24) is 4.90 Å². The van der Waals surface area contributed by atoms with Crippen LogP contribution < -0.4 is 4.74 Å². The average molecular weight is 313 g/mol. The van der Waals surface area contributed by atoms with Crippen LogP contribution in [-0.4, -0.2) is 35.0 Å². The highest BCUT2D eigenvalue weighted by molar-refractivity contribution is 6.08. The van der Waals surface area contributed by atoms with Crippen molar-refractivity contribution in [2.45, 2.75) is 13.8 Å². The summed E-state index contributed by atoms with van der Waals surface area (Å²) in [4.78, 5) is 47.1. The van der Waals surface area contributed by atoms with E-state index in [1.807, 2.05) is 0 Å². The first-order valence-corrected chi connectivity index (χ1v) is 6.92. The largest absolute Gasteiger partial charge is 0.426 e. The van der Waals surface area contributed by atoms with Gasteiger partial charge in [-0.05, 0) is 30.7 Å². The average Bonchev–Trinajstić information content (AvgIpc) is 2.91. The fourth-order valence-electron chi connectivity index (χ4n) is 2.07. The molecule has 1 aliphatic heterocycles. The number of ketones is 1. The number of esters is 1. The van der Waals surface area contributed by atoms with Gasteiger partial charge in [0.1, 0.15) is 5.75 Å². The molecule has 0 atom stereocenters. The lowest BCUT2D eigenvalue weighted by molar-refractivity contribution is -0.137. The summed E-state index contributed by atoms with van der Waals surface area (Å²) in [5.74, 6) is -1.40. The Bertz CT molecular complexity index is 745. The van der Waals surface area contributed by atoms with Crippen LogP contribution in [0, 0.1) is 0 Å². The van der Waals surface area contributed by atoms with Crippen LogP contribution in [0.1, 0.15) is 29.8 Å². The topological polar surface area (TPSA) is 80.8 Å². The number of ether oxygens (including phenoxy) is 1. The van der Waals surface area contributed by atoms with E-state index in [1.165, 1.54) is 44.2 Å². The van der Waals surface area contributed by atoms with Gasteiger partial charge in [-0.3, -0.25) is 24.1 Å². The quantitative estimate of drug-likeness (QED) is 0.366. The minimum Gasteiger partial charge on any atom is -0.426 e. The van der Waals surface area contributed by atoms with Crippen LogP contribution in [0.2, 0.25) is 0 Å². The molecule has 0 aromatic heterocycles. The molecule has 118 valence electrons. The maximum absolute atomic E-state index is 11.9. The first-order valence-electron chi connectivity index (χ1n) is 6.92. The number of rotatable bonds is 4. The predicted molar refractivity (Wildman–Crippen MR) is 82.6 cm³/mol. The second-order valence-electron chi connectivity index (χ2n) is 4.93. The van der Waals surface area contributed by atoms with Crippen molar-refractivity contribution in [2.75, 3.05) is 6.54 Å². The number of nitrogens with zero attached hydrogens (tertiary/aromatic N) is 1. The smallest absolute Gasteiger partial charge is 0.308 e. The maximum atomic E-state index is 11.9. The Hall–Kier alpha value is -3.02. The van der Waals surface area contributed by atoms with E-state index in [2.05, 4.69) is 0 Å². The Labute approximate surface area is 133 Å². The molecule has 2 rings (SSSR count). The Balaban J connectivity index is 2.20. The molecular formula is C17H15NO5. The third kappa shape index (κ3) is 4.00. The van der Waals surface area contributed by atoms with Crippen molar-refractivity contribution in [2.24, 2.45) is 0 Å². The molecule has 6 nitrogen and oxygen atoms in total. The first-order chi connectivity index (χ1) is 10.9. The van der Waals surface area contributed by atoms with Gasteiger partial charge in [0.05, 0.1) is 5.56 Å². The molecule has 2 amide bonds. The van der Waals surface area contributed by atoms with Gasteiger partial charge >= 0.3 is 5.97 Å². The molecule has 0 saturated heterocycles. The van der Waals surface area contributed by atoms with Crippen LogP contribution in [0.5, 0.6) is 5.75 Å². The van der Waals surface area contributed by atoms with Gasteiger partial charge in [-0.2, -0.15) is 0 Å². The fourth-order valence-corrected chi connectivity index (χ4v) is 2.07. The lowest BCUT2D eigenvalue weighted by Gasteiger charge is -2.10. The summed E-state index contributed by atoms with van der Waals surface area (Å²) in [6.07, 6.45) is 5.71. The zero-order valence-electron chi connectivity index (χ0n) is 12.7. The van der Waals surface area contributed by atoms with Crippen molar-refractivity contribution in [3.63, 3.8) is 0 Å². The highest BCUT2D eigenvalue weighted by atomic mass is 16.5. The molecule has 1 aromatic rings. The lowest BCUT2D eigenvalue weighted by Crippen LogP contribution is -2.30. The number of carbonyl (C=O) groups is 4. The van der Waals surface area contributed by atoms with E-state index in [1.54, 1.807) is 12.1 Å². The van der Waals surface area contributed by atoms with Gasteiger partial charge in [0.25, 0.3) is 11.8 Å². The van der Waals surface area contributed by atoms with Gasteiger partial charge in [-0.1, -0.05) is 12.1 Å². The van der Waals surface area contributed by atoms with E-state index in [9.17, 15) is 19.2 Å². The number of benzene rings is 1. The minimum absolute atomic E-state index is 0.174. The minimum atomic E-state index is -0.522. The third-order valence-electron chi connectivity index (χ3n) is 3.14. The molecule has 0 spiro atoms. The van der Waals surface area contributed by atoms with Crippen LogP contribution in [-0.2, 0) is 14.4 Å². The summed E-state index contributed by atoms with van der Waals surface area (Å²) in [6, 6.07) is 4.62. The van der Waals surface area contributed by atoms with Gasteiger partial charge in [0, 0.05) is 25.6 Å². The highest BCUT2D eigenvalue weighted by Crippen LogP contribution is 2.22. The second-order valence-corrected chi connectivity index (χ2v) is 4.93. The van der Waals surface area contributed by atoms with Crippen molar-refractivity contribution in [1.29, 1.82) is 0 Å². The van der Waals surface area contributed by atoms with Gasteiger partial charge < -0.3 is 4.74 Å². The molecule has 23 heavy (non-hydrogen) atoms. The van der Waals surface area contributed by atoms with Gasteiger partial charge in [-0.25, -0.2) is 0 Å². The van der Waals surface area contributed by atoms with Crippen molar-refractivity contribution >= 4 is 29.6 Å². The zero-order chi connectivity index (χ0) is 17.0.